The summed E-state index contributed by atoms with van der Waals surface area (Å²) in [5.74, 6) is 0.158. The molecule has 17 nitrogen and oxygen atoms in total. The van der Waals surface area contributed by atoms with E-state index in [1.54, 1.807) is 0 Å². The van der Waals surface area contributed by atoms with Crippen LogP contribution in [-0.4, -0.2) is 96.7 Å². The van der Waals surface area contributed by atoms with Crippen LogP contribution in [0, 0.1) is 17.8 Å². The minimum absolute atomic E-state index is 0.104. The molecule has 0 aliphatic carbocycles. The second-order valence-corrected chi connectivity index (χ2v) is 33.6. The maximum absolute atomic E-state index is 13.1. The number of rotatable bonds is 80. The van der Waals surface area contributed by atoms with Gasteiger partial charge in [-0.2, -0.15) is 0 Å². The summed E-state index contributed by atoms with van der Waals surface area (Å²) < 4.78 is 68.7. The SMILES string of the molecule is CCCCCCCCCCCCCCCCCCCCCCCCC(=O)O[C@H](COC(=O)CCCCCCCCCCCCCCCCC(C)CC)COP(=O)(O)OC[C@@H](O)COP(=O)(O)OC[C@@H](COC(=O)CCCCCCCCCC(C)C)OC(=O)CCCCCCCCCCC(C)C. The van der Waals surface area contributed by atoms with E-state index in [2.05, 4.69) is 48.5 Å². The van der Waals surface area contributed by atoms with E-state index in [1.807, 2.05) is 0 Å². The summed E-state index contributed by atoms with van der Waals surface area (Å²) in [5.41, 5.74) is 0. The average molecular weight is 1480 g/mol. The molecule has 0 aromatic rings. The number of ether oxygens (including phenoxy) is 4. The minimum atomic E-state index is -4.96. The molecule has 6 atom stereocenters. The van der Waals surface area contributed by atoms with Crippen LogP contribution in [0.4, 0.5) is 0 Å². The molecular weight excluding hydrogens is 1320 g/mol. The van der Waals surface area contributed by atoms with Gasteiger partial charge in [-0.3, -0.25) is 37.3 Å². The molecule has 0 heterocycles. The second-order valence-electron chi connectivity index (χ2n) is 30.7. The van der Waals surface area contributed by atoms with Gasteiger partial charge in [-0.05, 0) is 43.4 Å². The van der Waals surface area contributed by atoms with Gasteiger partial charge in [0.05, 0.1) is 26.4 Å². The molecule has 0 rings (SSSR count). The Kier molecular flexibility index (Phi) is 70.9. The smallest absolute Gasteiger partial charge is 0.462 e. The van der Waals surface area contributed by atoms with Crippen LogP contribution in [-0.2, 0) is 65.4 Å². The number of hydrogen-bond acceptors (Lipinski definition) is 15. The van der Waals surface area contributed by atoms with Crippen molar-refractivity contribution in [3.05, 3.63) is 0 Å². The molecule has 600 valence electrons. The monoisotopic (exact) mass is 1480 g/mol. The third kappa shape index (κ3) is 74.7. The van der Waals surface area contributed by atoms with Crippen molar-refractivity contribution in [1.29, 1.82) is 0 Å². The lowest BCUT2D eigenvalue weighted by atomic mass is 9.99. The topological polar surface area (TPSA) is 237 Å². The molecule has 0 amide bonds. The standard InChI is InChI=1S/C82H160O17P2/c1-8-10-11-12-13-14-15-16-17-18-19-20-21-22-23-24-29-32-35-43-51-58-65-81(86)98-77(69-92-79(84)63-56-49-42-34-31-28-26-25-27-30-33-41-48-55-62-75(7)9-2)71-96-100(88,89)94-67-76(83)68-95-101(90,91)97-72-78(70-93-80(85)64-57-50-45-38-40-47-54-61-74(5)6)99-82(87)66-59-52-44-37-36-39-46-53-60-73(3)4/h73-78,83H,8-72H2,1-7H3,(H,88,89)(H,90,91)/t75?,76-,77-,78-/m1/s1. The highest BCUT2D eigenvalue weighted by Crippen LogP contribution is 2.45. The average Bonchev–Trinajstić information content (AvgIpc) is 0.914. The number of esters is 4. The maximum atomic E-state index is 13.1. The Morgan fingerprint density at radius 3 is 0.752 bits per heavy atom. The highest BCUT2D eigenvalue weighted by molar-refractivity contribution is 7.47. The molecule has 0 aliphatic heterocycles. The number of aliphatic hydroxyl groups is 1. The van der Waals surface area contributed by atoms with Crippen molar-refractivity contribution < 1.29 is 80.2 Å². The molecule has 0 bridgehead atoms. The zero-order chi connectivity index (χ0) is 74.4. The number of unbranched alkanes of at least 4 members (excludes halogenated alkanes) is 47. The fourth-order valence-electron chi connectivity index (χ4n) is 12.6. The lowest BCUT2D eigenvalue weighted by Gasteiger charge is -2.21. The Morgan fingerprint density at radius 2 is 0.505 bits per heavy atom. The molecule has 0 fully saturated rings. The van der Waals surface area contributed by atoms with Gasteiger partial charge < -0.3 is 33.8 Å². The minimum Gasteiger partial charge on any atom is -0.462 e. The number of aliphatic hydroxyl groups excluding tert-OH is 1. The van der Waals surface area contributed by atoms with Crippen LogP contribution in [0.5, 0.6) is 0 Å². The Bertz CT molecular complexity index is 1960. The van der Waals surface area contributed by atoms with E-state index in [0.717, 1.165) is 108 Å². The Morgan fingerprint density at radius 1 is 0.287 bits per heavy atom. The van der Waals surface area contributed by atoms with E-state index in [4.69, 9.17) is 37.0 Å². The number of carbonyl (C=O) groups excluding carboxylic acids is 4. The quantitative estimate of drug-likeness (QED) is 0.0222. The molecule has 0 radical (unpaired) electrons. The van der Waals surface area contributed by atoms with E-state index < -0.39 is 97.5 Å². The predicted octanol–water partition coefficient (Wildman–Crippen LogP) is 24.5. The number of phosphoric ester groups is 2. The van der Waals surface area contributed by atoms with Crippen LogP contribution in [0.25, 0.3) is 0 Å². The van der Waals surface area contributed by atoms with Gasteiger partial charge in [0.25, 0.3) is 0 Å². The van der Waals surface area contributed by atoms with E-state index in [-0.39, 0.29) is 25.7 Å². The number of carbonyl (C=O) groups is 4. The number of phosphoric acid groups is 2. The van der Waals surface area contributed by atoms with Crippen LogP contribution < -0.4 is 0 Å². The third-order valence-corrected chi connectivity index (χ3v) is 21.4. The van der Waals surface area contributed by atoms with Crippen LogP contribution in [0.1, 0.15) is 427 Å². The first-order valence-corrected chi connectivity index (χ1v) is 45.4. The van der Waals surface area contributed by atoms with E-state index >= 15 is 0 Å². The van der Waals surface area contributed by atoms with Crippen molar-refractivity contribution in [1.82, 2.24) is 0 Å². The lowest BCUT2D eigenvalue weighted by Crippen LogP contribution is -2.30. The van der Waals surface area contributed by atoms with Gasteiger partial charge in [0.15, 0.2) is 12.2 Å². The highest BCUT2D eigenvalue weighted by Gasteiger charge is 2.30. The molecule has 0 saturated heterocycles. The molecule has 101 heavy (non-hydrogen) atoms. The van der Waals surface area contributed by atoms with Crippen LogP contribution in [0.3, 0.4) is 0 Å². The molecular formula is C82H160O17P2. The molecule has 3 N–H and O–H groups in total. The Balaban J connectivity index is 5.20. The fourth-order valence-corrected chi connectivity index (χ4v) is 14.2. The Labute approximate surface area is 619 Å². The van der Waals surface area contributed by atoms with Crippen LogP contribution in [0.15, 0.2) is 0 Å². The van der Waals surface area contributed by atoms with Crippen molar-refractivity contribution >= 4 is 39.5 Å². The molecule has 0 aromatic heterocycles. The van der Waals surface area contributed by atoms with Crippen molar-refractivity contribution in [2.75, 3.05) is 39.6 Å². The van der Waals surface area contributed by atoms with Gasteiger partial charge in [-0.25, -0.2) is 9.13 Å². The fraction of sp³-hybridized carbons (Fsp3) is 0.951. The highest BCUT2D eigenvalue weighted by atomic mass is 31.2. The Hall–Kier alpha value is -1.94. The van der Waals surface area contributed by atoms with Crippen molar-refractivity contribution in [2.24, 2.45) is 17.8 Å². The molecule has 0 spiro atoms. The first kappa shape index (κ1) is 99.1. The summed E-state index contributed by atoms with van der Waals surface area (Å²) in [6.07, 6.45) is 61.4. The number of hydrogen-bond donors (Lipinski definition) is 3. The summed E-state index contributed by atoms with van der Waals surface area (Å²) in [7, 11) is -9.92. The van der Waals surface area contributed by atoms with Gasteiger partial charge >= 0.3 is 39.5 Å². The summed E-state index contributed by atoms with van der Waals surface area (Å²) in [5, 5.41) is 10.6. The first-order chi connectivity index (χ1) is 48.8. The zero-order valence-electron chi connectivity index (χ0n) is 66.4. The maximum Gasteiger partial charge on any atom is 0.472 e. The van der Waals surface area contributed by atoms with Gasteiger partial charge in [0.2, 0.25) is 0 Å². The van der Waals surface area contributed by atoms with Gasteiger partial charge in [0, 0.05) is 25.7 Å². The molecule has 19 heteroatoms. The van der Waals surface area contributed by atoms with E-state index in [1.165, 1.54) is 231 Å². The summed E-state index contributed by atoms with van der Waals surface area (Å²) in [4.78, 5) is 73.0. The summed E-state index contributed by atoms with van der Waals surface area (Å²) >= 11 is 0. The first-order valence-electron chi connectivity index (χ1n) is 42.4. The summed E-state index contributed by atoms with van der Waals surface area (Å²) in [6.45, 7) is 11.9. The zero-order valence-corrected chi connectivity index (χ0v) is 68.2. The van der Waals surface area contributed by atoms with Gasteiger partial charge in [0.1, 0.15) is 19.3 Å². The third-order valence-electron chi connectivity index (χ3n) is 19.5. The van der Waals surface area contributed by atoms with E-state index in [0.29, 0.717) is 31.6 Å². The van der Waals surface area contributed by atoms with Crippen molar-refractivity contribution in [2.45, 2.75) is 446 Å². The normalized spacial score (nSPS) is 14.2. The molecule has 0 aromatic carbocycles. The molecule has 3 unspecified atom stereocenters. The van der Waals surface area contributed by atoms with Crippen LogP contribution >= 0.6 is 15.6 Å². The largest absolute Gasteiger partial charge is 0.472 e. The predicted molar refractivity (Wildman–Crippen MR) is 414 cm³/mol. The summed E-state index contributed by atoms with van der Waals surface area (Å²) in [6, 6.07) is 0. The van der Waals surface area contributed by atoms with Gasteiger partial charge in [-0.1, -0.05) is 376 Å². The van der Waals surface area contributed by atoms with E-state index in [9.17, 15) is 43.2 Å². The molecule has 0 aliphatic rings. The second kappa shape index (κ2) is 72.3. The van der Waals surface area contributed by atoms with Crippen molar-refractivity contribution in [3.63, 3.8) is 0 Å². The van der Waals surface area contributed by atoms with Crippen LogP contribution in [0.2, 0.25) is 0 Å². The van der Waals surface area contributed by atoms with Crippen molar-refractivity contribution in [3.8, 4) is 0 Å². The van der Waals surface area contributed by atoms with Gasteiger partial charge in [-0.15, -0.1) is 0 Å². The molecule has 0 saturated carbocycles. The lowest BCUT2D eigenvalue weighted by molar-refractivity contribution is -0.161.